The van der Waals surface area contributed by atoms with Gasteiger partial charge in [-0.15, -0.1) is 0 Å². The fourth-order valence-corrected chi connectivity index (χ4v) is 4.84. The monoisotopic (exact) mass is 576 g/mol. The lowest BCUT2D eigenvalue weighted by Gasteiger charge is -2.39. The largest absolute Gasteiger partial charge is 0.372 e. The van der Waals surface area contributed by atoms with Gasteiger partial charge in [0.05, 0.1) is 21.9 Å². The molecule has 1 aliphatic heterocycles. The Bertz CT molecular complexity index is 1270. The minimum absolute atomic E-state index is 0.697. The third-order valence-electron chi connectivity index (χ3n) is 6.79. The van der Waals surface area contributed by atoms with E-state index in [1.165, 1.54) is 18.5 Å². The molecule has 0 unspecified atom stereocenters. The highest BCUT2D eigenvalue weighted by Crippen LogP contribution is 2.33. The molecule has 1 aromatic heterocycles. The highest BCUT2D eigenvalue weighted by atomic mass is 35.5. The number of aryl methyl sites for hydroxylation is 1. The second-order valence-corrected chi connectivity index (χ2v) is 9.61. The Morgan fingerprint density at radius 1 is 0.927 bits per heavy atom. The number of allylic oxidation sites excluding steroid dienone is 1. The predicted octanol–water partition coefficient (Wildman–Crippen LogP) is 11.0. The number of rotatable bonds is 8. The molecule has 1 fully saturated rings. The third kappa shape index (κ3) is 9.74. The summed E-state index contributed by atoms with van der Waals surface area (Å²) in [6.45, 7) is 30.8. The summed E-state index contributed by atoms with van der Waals surface area (Å²) < 4.78 is 0. The van der Waals surface area contributed by atoms with Crippen LogP contribution in [0, 0.1) is 6.92 Å². The van der Waals surface area contributed by atoms with Gasteiger partial charge < -0.3 is 9.80 Å². The van der Waals surface area contributed by atoms with Crippen LogP contribution in [0.1, 0.15) is 85.8 Å². The molecule has 0 N–H and O–H groups in total. The van der Waals surface area contributed by atoms with E-state index in [0.717, 1.165) is 77.3 Å². The van der Waals surface area contributed by atoms with Gasteiger partial charge in [0, 0.05) is 54.7 Å². The molecule has 0 amide bonds. The van der Waals surface area contributed by atoms with Crippen LogP contribution in [0.15, 0.2) is 66.3 Å². The van der Waals surface area contributed by atoms with Gasteiger partial charge in [-0.3, -0.25) is 4.99 Å². The van der Waals surface area contributed by atoms with Gasteiger partial charge in [-0.1, -0.05) is 104 Å². The topological polar surface area (TPSA) is 31.7 Å². The lowest BCUT2D eigenvalue weighted by Crippen LogP contribution is -2.44. The first kappa shape index (κ1) is 35.9. The van der Waals surface area contributed by atoms with Crippen LogP contribution >= 0.6 is 11.6 Å². The number of aliphatic imine (C=N–C) groups is 1. The lowest BCUT2D eigenvalue weighted by atomic mass is 10.0. The van der Waals surface area contributed by atoms with Crippen LogP contribution in [-0.4, -0.2) is 47.2 Å². The van der Waals surface area contributed by atoms with E-state index in [2.05, 4.69) is 78.2 Å². The smallest absolute Gasteiger partial charge is 0.0731 e. The van der Waals surface area contributed by atoms with Gasteiger partial charge in [-0.25, -0.2) is 4.98 Å². The van der Waals surface area contributed by atoms with E-state index in [-0.39, 0.29) is 0 Å². The SMILES string of the molecule is C=C(CCCC)N1CCN(C(=C)c2ccc3c(Cl)cc(-c4ccc(C)c(N=CC)c4)nc3c2)CC1.CC.CC.CC. The molecule has 2 aromatic carbocycles. The Hall–Kier alpha value is -3.11. The molecule has 0 aliphatic carbocycles. The Morgan fingerprint density at radius 2 is 1.56 bits per heavy atom. The maximum absolute atomic E-state index is 6.69. The second-order valence-electron chi connectivity index (χ2n) is 9.20. The molecule has 3 aromatic rings. The van der Waals surface area contributed by atoms with Gasteiger partial charge in [0.2, 0.25) is 0 Å². The summed E-state index contributed by atoms with van der Waals surface area (Å²) in [6.07, 6.45) is 5.31. The minimum atomic E-state index is 0.697. The van der Waals surface area contributed by atoms with E-state index in [1.807, 2.05) is 60.7 Å². The fourth-order valence-electron chi connectivity index (χ4n) is 4.57. The van der Waals surface area contributed by atoms with E-state index >= 15 is 0 Å². The van der Waals surface area contributed by atoms with Gasteiger partial charge >= 0.3 is 0 Å². The number of pyridine rings is 1. The zero-order chi connectivity index (χ0) is 30.9. The quantitative estimate of drug-likeness (QED) is 0.250. The standard InChI is InChI=1S/C30H35ClN4.3C2H6/c1-6-8-9-22(4)34-14-16-35(17-15-34)23(5)24-12-13-26-27(31)20-29(33-30(26)18-24)25-11-10-21(3)28(19-25)32-7-2;3*1-2/h7,10-13,18-20H,4-6,8-9,14-17H2,1-3H3;3*1-2H3. The first-order chi connectivity index (χ1) is 19.9. The number of benzene rings is 2. The van der Waals surface area contributed by atoms with Crippen molar-refractivity contribution in [2.45, 2.75) is 81.6 Å². The van der Waals surface area contributed by atoms with Crippen molar-refractivity contribution in [2.24, 2.45) is 4.99 Å². The van der Waals surface area contributed by atoms with Crippen LogP contribution < -0.4 is 0 Å². The Balaban J connectivity index is 0.00000131. The average Bonchev–Trinajstić information content (AvgIpc) is 3.03. The molecule has 0 radical (unpaired) electrons. The highest BCUT2D eigenvalue weighted by molar-refractivity contribution is 6.35. The molecule has 1 aliphatic rings. The van der Waals surface area contributed by atoms with Crippen molar-refractivity contribution in [2.75, 3.05) is 26.2 Å². The number of piperazine rings is 1. The second kappa shape index (κ2) is 19.1. The molecule has 0 bridgehead atoms. The molecule has 224 valence electrons. The van der Waals surface area contributed by atoms with E-state index < -0.39 is 0 Å². The van der Waals surface area contributed by atoms with Crippen LogP contribution in [0.4, 0.5) is 5.69 Å². The molecule has 5 heteroatoms. The molecule has 0 atom stereocenters. The molecule has 0 saturated carbocycles. The zero-order valence-corrected chi connectivity index (χ0v) is 27.9. The van der Waals surface area contributed by atoms with Gasteiger partial charge in [0.1, 0.15) is 0 Å². The van der Waals surface area contributed by atoms with Crippen molar-refractivity contribution in [1.29, 1.82) is 0 Å². The van der Waals surface area contributed by atoms with Crippen molar-refractivity contribution >= 4 is 40.1 Å². The number of aromatic nitrogens is 1. The van der Waals surface area contributed by atoms with Gasteiger partial charge in [-0.05, 0) is 56.0 Å². The van der Waals surface area contributed by atoms with Crippen LogP contribution in [-0.2, 0) is 0 Å². The van der Waals surface area contributed by atoms with Crippen LogP contribution in [0.25, 0.3) is 27.9 Å². The molecule has 41 heavy (non-hydrogen) atoms. The first-order valence-corrected chi connectivity index (χ1v) is 15.9. The van der Waals surface area contributed by atoms with Gasteiger partial charge in [-0.2, -0.15) is 0 Å². The van der Waals surface area contributed by atoms with Crippen molar-refractivity contribution in [3.05, 3.63) is 77.5 Å². The molecule has 0 spiro atoms. The van der Waals surface area contributed by atoms with E-state index in [4.69, 9.17) is 16.6 Å². The first-order valence-electron chi connectivity index (χ1n) is 15.5. The van der Waals surface area contributed by atoms with Crippen molar-refractivity contribution in [3.63, 3.8) is 0 Å². The summed E-state index contributed by atoms with van der Waals surface area (Å²) in [4.78, 5) is 14.2. The van der Waals surface area contributed by atoms with E-state index in [9.17, 15) is 0 Å². The van der Waals surface area contributed by atoms with Crippen molar-refractivity contribution in [3.8, 4) is 11.3 Å². The van der Waals surface area contributed by atoms with Crippen LogP contribution in [0.2, 0.25) is 5.02 Å². The summed E-state index contributed by atoms with van der Waals surface area (Å²) in [6, 6.07) is 14.4. The summed E-state index contributed by atoms with van der Waals surface area (Å²) in [7, 11) is 0. The maximum atomic E-state index is 6.69. The molecule has 1 saturated heterocycles. The Morgan fingerprint density at radius 3 is 2.17 bits per heavy atom. The summed E-state index contributed by atoms with van der Waals surface area (Å²) in [5.74, 6) is 0. The Kier molecular flexibility index (Phi) is 16.7. The van der Waals surface area contributed by atoms with Crippen molar-refractivity contribution < 1.29 is 0 Å². The van der Waals surface area contributed by atoms with E-state index in [0.29, 0.717) is 5.02 Å². The maximum Gasteiger partial charge on any atom is 0.0731 e. The van der Waals surface area contributed by atoms with Crippen LogP contribution in [0.3, 0.4) is 0 Å². The van der Waals surface area contributed by atoms with Crippen molar-refractivity contribution in [1.82, 2.24) is 14.8 Å². The number of nitrogens with zero attached hydrogens (tertiary/aromatic N) is 4. The fraction of sp³-hybridized carbons (Fsp3) is 0.444. The minimum Gasteiger partial charge on any atom is -0.372 e. The predicted molar refractivity (Wildman–Crippen MR) is 186 cm³/mol. The molecule has 2 heterocycles. The molecular weight excluding hydrogens is 524 g/mol. The van der Waals surface area contributed by atoms with E-state index in [1.54, 1.807) is 0 Å². The number of halogens is 1. The number of unbranched alkanes of at least 4 members (excludes halogenated alkanes) is 1. The van der Waals surface area contributed by atoms with Crippen LogP contribution in [0.5, 0.6) is 0 Å². The highest BCUT2D eigenvalue weighted by Gasteiger charge is 2.20. The Labute approximate surface area is 255 Å². The lowest BCUT2D eigenvalue weighted by molar-refractivity contribution is 0.209. The zero-order valence-electron chi connectivity index (χ0n) is 27.1. The summed E-state index contributed by atoms with van der Waals surface area (Å²) in [5.41, 5.74) is 8.17. The van der Waals surface area contributed by atoms with Gasteiger partial charge in [0.15, 0.2) is 0 Å². The normalized spacial score (nSPS) is 12.5. The number of hydrogen-bond donors (Lipinski definition) is 0. The van der Waals surface area contributed by atoms with Gasteiger partial charge in [0.25, 0.3) is 0 Å². The molecule has 4 rings (SSSR count). The molecule has 4 nitrogen and oxygen atoms in total. The number of hydrogen-bond acceptors (Lipinski definition) is 4. The number of fused-ring (bicyclic) bond motifs is 1. The molecular formula is C36H53ClN4. The summed E-state index contributed by atoms with van der Waals surface area (Å²) in [5, 5.41) is 1.64. The third-order valence-corrected chi connectivity index (χ3v) is 7.11. The summed E-state index contributed by atoms with van der Waals surface area (Å²) >= 11 is 6.69. The average molecular weight is 577 g/mol.